The molecule has 0 spiro atoms. The van der Waals surface area contributed by atoms with E-state index in [1.165, 1.54) is 12.1 Å². The largest absolute Gasteiger partial charge is 0.476 e. The van der Waals surface area contributed by atoms with Crippen LogP contribution in [0.3, 0.4) is 0 Å². The summed E-state index contributed by atoms with van der Waals surface area (Å²) in [5, 5.41) is 4.40. The normalized spacial score (nSPS) is 11.4. The van der Waals surface area contributed by atoms with Gasteiger partial charge in [0.2, 0.25) is 0 Å². The van der Waals surface area contributed by atoms with E-state index >= 15 is 0 Å². The van der Waals surface area contributed by atoms with Crippen molar-refractivity contribution in [1.29, 1.82) is 0 Å². The van der Waals surface area contributed by atoms with Crippen LogP contribution in [0.4, 0.5) is 8.78 Å². The molecular weight excluding hydrogens is 278 g/mol. The number of carboxylic acids is 1. The summed E-state index contributed by atoms with van der Waals surface area (Å²) < 4.78 is 26.1. The second-order valence-corrected chi connectivity index (χ2v) is 4.49. The minimum absolute atomic E-state index is 0.00528. The fraction of sp³-hybridized carbons (Fsp3) is 0.125. The molecule has 0 bridgehead atoms. The van der Waals surface area contributed by atoms with E-state index in [0.717, 1.165) is 0 Å². The van der Waals surface area contributed by atoms with E-state index in [-0.39, 0.29) is 16.7 Å². The van der Waals surface area contributed by atoms with E-state index in [1.54, 1.807) is 12.1 Å². The lowest BCUT2D eigenvalue weighted by atomic mass is 10.4. The summed E-state index contributed by atoms with van der Waals surface area (Å²) in [5.41, 5.74) is 0. The highest BCUT2D eigenvalue weighted by molar-refractivity contribution is 9.10. The van der Waals surface area contributed by atoms with Crippen LogP contribution in [0.15, 0.2) is 33.6 Å². The van der Waals surface area contributed by atoms with Gasteiger partial charge >= 0.3 is 11.2 Å². The molecule has 0 fully saturated rings. The molecule has 2 nitrogen and oxygen atoms in total. The molecule has 0 aliphatic heterocycles. The van der Waals surface area contributed by atoms with Gasteiger partial charge in [-0.2, -0.15) is 8.78 Å². The lowest BCUT2D eigenvalue weighted by Gasteiger charge is -2.09. The summed E-state index contributed by atoms with van der Waals surface area (Å²) >= 11 is 3.11. The highest BCUT2D eigenvalue weighted by atomic mass is 79.9. The summed E-state index contributed by atoms with van der Waals surface area (Å²) in [5.74, 6) is -2.14. The van der Waals surface area contributed by atoms with Gasteiger partial charge < -0.3 is 5.11 Å². The number of thioether (sulfide) groups is 1. The molecule has 0 aliphatic rings. The van der Waals surface area contributed by atoms with Gasteiger partial charge in [0.1, 0.15) is 0 Å². The number of hydrogen-bond acceptors (Lipinski definition) is 2. The Morgan fingerprint density at radius 2 is 2.14 bits per heavy atom. The number of rotatable bonds is 3. The zero-order valence-corrected chi connectivity index (χ0v) is 9.11. The smallest absolute Gasteiger partial charge is 0.393 e. The maximum atomic E-state index is 12.7. The van der Waals surface area contributed by atoms with Crippen molar-refractivity contribution >= 4 is 33.7 Å². The van der Waals surface area contributed by atoms with E-state index in [9.17, 15) is 13.6 Å². The van der Waals surface area contributed by atoms with Crippen LogP contribution in [0.1, 0.15) is 0 Å². The van der Waals surface area contributed by atoms with Crippen LogP contribution in [0.5, 0.6) is 0 Å². The van der Waals surface area contributed by atoms with Crippen LogP contribution < -0.4 is 0 Å². The second-order valence-electron chi connectivity index (χ2n) is 2.38. The molecular formula is C8H5BrF2O2S. The zero-order chi connectivity index (χ0) is 10.8. The molecule has 0 unspecified atom stereocenters. The van der Waals surface area contributed by atoms with E-state index in [4.69, 9.17) is 5.11 Å². The summed E-state index contributed by atoms with van der Waals surface area (Å²) in [6.45, 7) is 0. The molecule has 1 N–H and O–H groups in total. The van der Waals surface area contributed by atoms with Crippen LogP contribution in [0.25, 0.3) is 0 Å². The quantitative estimate of drug-likeness (QED) is 0.865. The Kier molecular flexibility index (Phi) is 3.49. The van der Waals surface area contributed by atoms with Gasteiger partial charge in [-0.05, 0) is 30.0 Å². The Bertz CT molecular complexity index is 357. The predicted octanol–water partition coefficient (Wildman–Crippen LogP) is 3.22. The molecule has 1 rings (SSSR count). The fourth-order valence-electron chi connectivity index (χ4n) is 0.722. The first-order valence-electron chi connectivity index (χ1n) is 3.47. The number of alkyl halides is 2. The molecule has 0 radical (unpaired) electrons. The number of hydrogen-bond donors (Lipinski definition) is 1. The third-order valence-corrected chi connectivity index (χ3v) is 2.70. The van der Waals surface area contributed by atoms with Crippen molar-refractivity contribution < 1.29 is 18.7 Å². The van der Waals surface area contributed by atoms with Crippen molar-refractivity contribution in [3.8, 4) is 0 Å². The summed E-state index contributed by atoms with van der Waals surface area (Å²) in [7, 11) is 0. The van der Waals surface area contributed by atoms with E-state index < -0.39 is 11.2 Å². The molecule has 0 atom stereocenters. The van der Waals surface area contributed by atoms with Gasteiger partial charge in [-0.1, -0.05) is 22.0 Å². The van der Waals surface area contributed by atoms with Gasteiger partial charge in [0.15, 0.2) is 0 Å². The molecule has 14 heavy (non-hydrogen) atoms. The molecule has 0 amide bonds. The highest BCUT2D eigenvalue weighted by Crippen LogP contribution is 2.36. The lowest BCUT2D eigenvalue weighted by Crippen LogP contribution is -2.23. The van der Waals surface area contributed by atoms with Gasteiger partial charge in [0.05, 0.1) is 0 Å². The molecule has 76 valence electrons. The Hall–Kier alpha value is -0.620. The van der Waals surface area contributed by atoms with Gasteiger partial charge in [-0.15, -0.1) is 0 Å². The van der Waals surface area contributed by atoms with Crippen molar-refractivity contribution in [2.45, 2.75) is 10.2 Å². The number of carboxylic acid groups (broad SMARTS) is 1. The second kappa shape index (κ2) is 4.27. The maximum Gasteiger partial charge on any atom is 0.393 e. The van der Waals surface area contributed by atoms with Crippen LogP contribution in [-0.2, 0) is 4.79 Å². The maximum absolute atomic E-state index is 12.7. The first kappa shape index (κ1) is 11.5. The van der Waals surface area contributed by atoms with Crippen LogP contribution in [0.2, 0.25) is 0 Å². The van der Waals surface area contributed by atoms with Gasteiger partial charge in [-0.25, -0.2) is 4.79 Å². The van der Waals surface area contributed by atoms with Gasteiger partial charge in [-0.3, -0.25) is 0 Å². The molecule has 6 heteroatoms. The van der Waals surface area contributed by atoms with E-state index in [2.05, 4.69) is 15.9 Å². The van der Waals surface area contributed by atoms with Crippen molar-refractivity contribution in [1.82, 2.24) is 0 Å². The topological polar surface area (TPSA) is 37.3 Å². The molecule has 0 saturated heterocycles. The van der Waals surface area contributed by atoms with Crippen molar-refractivity contribution in [3.05, 3.63) is 28.7 Å². The monoisotopic (exact) mass is 282 g/mol. The van der Waals surface area contributed by atoms with E-state index in [1.807, 2.05) is 0 Å². The number of carbonyl (C=O) groups is 1. The third kappa shape index (κ3) is 2.95. The zero-order valence-electron chi connectivity index (χ0n) is 6.71. The van der Waals surface area contributed by atoms with E-state index in [0.29, 0.717) is 4.47 Å². The average Bonchev–Trinajstić information content (AvgIpc) is 2.02. The van der Waals surface area contributed by atoms with Crippen LogP contribution in [-0.4, -0.2) is 16.3 Å². The Balaban J connectivity index is 2.83. The minimum atomic E-state index is -3.79. The van der Waals surface area contributed by atoms with Crippen molar-refractivity contribution in [3.63, 3.8) is 0 Å². The molecule has 0 aliphatic carbocycles. The number of aliphatic carboxylic acids is 1. The molecule has 0 saturated carbocycles. The van der Waals surface area contributed by atoms with Crippen LogP contribution in [0, 0.1) is 0 Å². The third-order valence-electron chi connectivity index (χ3n) is 1.29. The highest BCUT2D eigenvalue weighted by Gasteiger charge is 2.40. The Morgan fingerprint density at radius 1 is 1.50 bits per heavy atom. The number of benzene rings is 1. The molecule has 1 aromatic carbocycles. The summed E-state index contributed by atoms with van der Waals surface area (Å²) in [6.07, 6.45) is 0. The first-order valence-corrected chi connectivity index (χ1v) is 5.08. The Morgan fingerprint density at radius 3 is 2.64 bits per heavy atom. The lowest BCUT2D eigenvalue weighted by molar-refractivity contribution is -0.152. The molecule has 0 aromatic heterocycles. The fourth-order valence-corrected chi connectivity index (χ4v) is 1.99. The van der Waals surface area contributed by atoms with Crippen molar-refractivity contribution in [2.75, 3.05) is 0 Å². The summed E-state index contributed by atoms with van der Waals surface area (Å²) in [4.78, 5) is 10.3. The average molecular weight is 283 g/mol. The van der Waals surface area contributed by atoms with Gasteiger partial charge in [0.25, 0.3) is 0 Å². The van der Waals surface area contributed by atoms with Crippen LogP contribution >= 0.6 is 27.7 Å². The standard InChI is InChI=1S/C8H5BrF2O2S/c9-5-2-1-3-6(4-5)14-8(10,11)7(12)13/h1-4H,(H,12,13). The SMILES string of the molecule is O=C(O)C(F)(F)Sc1cccc(Br)c1. The van der Waals surface area contributed by atoms with Crippen molar-refractivity contribution in [2.24, 2.45) is 0 Å². The summed E-state index contributed by atoms with van der Waals surface area (Å²) in [6, 6.07) is 6.08. The molecule has 1 aromatic rings. The molecule has 0 heterocycles. The number of halogens is 3. The van der Waals surface area contributed by atoms with Gasteiger partial charge in [0, 0.05) is 9.37 Å². The minimum Gasteiger partial charge on any atom is -0.476 e. The predicted molar refractivity (Wildman–Crippen MR) is 52.6 cm³/mol. The Labute approximate surface area is 91.4 Å². The first-order chi connectivity index (χ1) is 6.42.